The van der Waals surface area contributed by atoms with Crippen LogP contribution in [0.5, 0.6) is 0 Å². The van der Waals surface area contributed by atoms with E-state index in [0.29, 0.717) is 25.9 Å². The van der Waals surface area contributed by atoms with Crippen molar-refractivity contribution in [1.82, 2.24) is 5.32 Å². The van der Waals surface area contributed by atoms with Gasteiger partial charge in [-0.3, -0.25) is 9.59 Å². The van der Waals surface area contributed by atoms with Gasteiger partial charge in [0.2, 0.25) is 5.91 Å². The summed E-state index contributed by atoms with van der Waals surface area (Å²) in [4.78, 5) is 24.5. The minimum absolute atomic E-state index is 0.0100. The molecule has 0 bridgehead atoms. The van der Waals surface area contributed by atoms with Crippen LogP contribution >= 0.6 is 0 Å². The topological polar surface area (TPSA) is 95.9 Å². The van der Waals surface area contributed by atoms with Gasteiger partial charge in [-0.1, -0.05) is 309 Å². The van der Waals surface area contributed by atoms with Gasteiger partial charge in [-0.15, -0.1) is 0 Å². The van der Waals surface area contributed by atoms with Crippen LogP contribution in [0.2, 0.25) is 0 Å². The summed E-state index contributed by atoms with van der Waals surface area (Å²) in [5.74, 6) is -0.0205. The largest absolute Gasteiger partial charge is 0.466 e. The van der Waals surface area contributed by atoms with E-state index < -0.39 is 12.1 Å². The van der Waals surface area contributed by atoms with E-state index in [9.17, 15) is 19.8 Å². The average molecular weight is 989 g/mol. The molecule has 416 valence electrons. The number of esters is 1. The van der Waals surface area contributed by atoms with Crippen LogP contribution in [0.1, 0.15) is 361 Å². The number of hydrogen-bond acceptors (Lipinski definition) is 5. The zero-order valence-corrected chi connectivity index (χ0v) is 47.5. The molecule has 0 saturated heterocycles. The van der Waals surface area contributed by atoms with Crippen molar-refractivity contribution in [3.63, 3.8) is 0 Å². The first-order valence-electron chi connectivity index (χ1n) is 31.9. The summed E-state index contributed by atoms with van der Waals surface area (Å²) < 4.78 is 5.48. The summed E-state index contributed by atoms with van der Waals surface area (Å²) in [6.07, 6.45) is 72.4. The van der Waals surface area contributed by atoms with Gasteiger partial charge in [0.15, 0.2) is 0 Å². The number of allylic oxidation sites excluding steroid dienone is 2. The van der Waals surface area contributed by atoms with Gasteiger partial charge >= 0.3 is 5.97 Å². The average Bonchev–Trinajstić information content (AvgIpc) is 3.36. The molecular formula is C64H125NO5. The standard InChI is InChI=1S/C64H125NO5/c1-3-5-7-9-11-13-15-33-38-42-46-50-54-58-64(69)70-59-55-51-47-43-39-35-32-30-28-26-24-22-20-18-17-19-21-23-25-27-29-31-34-37-41-45-49-53-57-63(68)65-61(60-66)62(67)56-52-48-44-40-36-16-14-12-10-8-6-4-2/h13,15,61-62,66-67H,3-12,14,16-60H2,1-2H3,(H,65,68)/b15-13-. The SMILES string of the molecule is CCCCCC/C=C\CCCCCCCC(=O)OCCCCCCCCCCCCCCCCCCCCCCCCCCCCCCC(=O)NC(CO)C(O)CCCCCCCCCCCCCC. The van der Waals surface area contributed by atoms with Gasteiger partial charge in [0.1, 0.15) is 0 Å². The molecule has 0 spiro atoms. The van der Waals surface area contributed by atoms with Crippen molar-refractivity contribution in [3.05, 3.63) is 12.2 Å². The maximum atomic E-state index is 12.5. The van der Waals surface area contributed by atoms with E-state index in [1.807, 2.05) is 0 Å². The number of unbranched alkanes of at least 4 members (excludes halogenated alkanes) is 47. The molecule has 0 rings (SSSR count). The molecular weight excluding hydrogens is 863 g/mol. The van der Waals surface area contributed by atoms with Crippen molar-refractivity contribution >= 4 is 11.9 Å². The highest BCUT2D eigenvalue weighted by atomic mass is 16.5. The van der Waals surface area contributed by atoms with Crippen LogP contribution in [-0.2, 0) is 14.3 Å². The minimum atomic E-state index is -0.660. The van der Waals surface area contributed by atoms with Gasteiger partial charge in [-0.2, -0.15) is 0 Å². The Bertz CT molecular complexity index is 1050. The third-order valence-electron chi connectivity index (χ3n) is 15.1. The molecule has 0 aliphatic carbocycles. The predicted molar refractivity (Wildman–Crippen MR) is 306 cm³/mol. The van der Waals surface area contributed by atoms with Gasteiger partial charge in [-0.05, 0) is 51.4 Å². The van der Waals surface area contributed by atoms with Gasteiger partial charge in [0.25, 0.3) is 0 Å². The van der Waals surface area contributed by atoms with Crippen LogP contribution in [0.25, 0.3) is 0 Å². The molecule has 6 heteroatoms. The second-order valence-electron chi connectivity index (χ2n) is 22.1. The Labute approximate surface area is 438 Å². The summed E-state index contributed by atoms with van der Waals surface area (Å²) in [5.41, 5.74) is 0. The number of carbonyl (C=O) groups excluding carboxylic acids is 2. The maximum Gasteiger partial charge on any atom is 0.305 e. The monoisotopic (exact) mass is 988 g/mol. The molecule has 0 heterocycles. The molecule has 0 saturated carbocycles. The molecule has 0 aromatic rings. The molecule has 0 aromatic carbocycles. The third kappa shape index (κ3) is 55.9. The number of hydrogen-bond donors (Lipinski definition) is 3. The Morgan fingerprint density at radius 2 is 0.671 bits per heavy atom. The summed E-state index contributed by atoms with van der Waals surface area (Å²) in [6, 6.07) is -0.537. The highest BCUT2D eigenvalue weighted by Gasteiger charge is 2.20. The lowest BCUT2D eigenvalue weighted by Crippen LogP contribution is -2.45. The minimum Gasteiger partial charge on any atom is -0.466 e. The summed E-state index contributed by atoms with van der Waals surface area (Å²) >= 11 is 0. The molecule has 0 aliphatic heterocycles. The number of aliphatic hydroxyl groups excluding tert-OH is 2. The van der Waals surface area contributed by atoms with Crippen molar-refractivity contribution in [2.45, 2.75) is 373 Å². The van der Waals surface area contributed by atoms with E-state index >= 15 is 0 Å². The lowest BCUT2D eigenvalue weighted by molar-refractivity contribution is -0.143. The normalized spacial score (nSPS) is 12.6. The lowest BCUT2D eigenvalue weighted by atomic mass is 10.0. The third-order valence-corrected chi connectivity index (χ3v) is 15.1. The number of aliphatic hydroxyl groups is 2. The van der Waals surface area contributed by atoms with Gasteiger partial charge in [0.05, 0.1) is 25.4 Å². The fraction of sp³-hybridized carbons (Fsp3) is 0.938. The van der Waals surface area contributed by atoms with E-state index in [1.165, 1.54) is 283 Å². The van der Waals surface area contributed by atoms with E-state index in [0.717, 1.165) is 44.9 Å². The fourth-order valence-electron chi connectivity index (χ4n) is 10.2. The van der Waals surface area contributed by atoms with Crippen molar-refractivity contribution in [3.8, 4) is 0 Å². The second-order valence-corrected chi connectivity index (χ2v) is 22.1. The predicted octanol–water partition coefficient (Wildman–Crippen LogP) is 20.0. The first-order valence-corrected chi connectivity index (χ1v) is 31.9. The van der Waals surface area contributed by atoms with Crippen LogP contribution in [0.3, 0.4) is 0 Å². The molecule has 3 N–H and O–H groups in total. The molecule has 6 nitrogen and oxygen atoms in total. The zero-order chi connectivity index (χ0) is 50.7. The molecule has 70 heavy (non-hydrogen) atoms. The van der Waals surface area contributed by atoms with E-state index in [1.54, 1.807) is 0 Å². The number of nitrogens with one attached hydrogen (secondary N) is 1. The van der Waals surface area contributed by atoms with Gasteiger partial charge < -0.3 is 20.3 Å². The van der Waals surface area contributed by atoms with E-state index in [2.05, 4.69) is 31.3 Å². The first-order chi connectivity index (χ1) is 34.5. The summed E-state index contributed by atoms with van der Waals surface area (Å²) in [7, 11) is 0. The van der Waals surface area contributed by atoms with E-state index in [-0.39, 0.29) is 18.5 Å². The van der Waals surface area contributed by atoms with Crippen molar-refractivity contribution in [2.24, 2.45) is 0 Å². The Morgan fingerprint density at radius 1 is 0.386 bits per heavy atom. The summed E-state index contributed by atoms with van der Waals surface area (Å²) in [6.45, 7) is 4.95. The maximum absolute atomic E-state index is 12.5. The molecule has 0 aromatic heterocycles. The molecule has 1 amide bonds. The smallest absolute Gasteiger partial charge is 0.305 e. The van der Waals surface area contributed by atoms with Crippen molar-refractivity contribution in [1.29, 1.82) is 0 Å². The highest BCUT2D eigenvalue weighted by molar-refractivity contribution is 5.76. The van der Waals surface area contributed by atoms with Crippen molar-refractivity contribution < 1.29 is 24.5 Å². The van der Waals surface area contributed by atoms with Gasteiger partial charge in [0, 0.05) is 12.8 Å². The molecule has 0 radical (unpaired) electrons. The second kappa shape index (κ2) is 60.2. The lowest BCUT2D eigenvalue weighted by Gasteiger charge is -2.22. The van der Waals surface area contributed by atoms with E-state index in [4.69, 9.17) is 4.74 Å². The quantitative estimate of drug-likeness (QED) is 0.0321. The zero-order valence-electron chi connectivity index (χ0n) is 47.5. The molecule has 2 unspecified atom stereocenters. The molecule has 2 atom stereocenters. The molecule has 0 fully saturated rings. The number of amides is 1. The first kappa shape index (κ1) is 68.6. The fourth-order valence-corrected chi connectivity index (χ4v) is 10.2. The van der Waals surface area contributed by atoms with Crippen LogP contribution in [0, 0.1) is 0 Å². The Morgan fingerprint density at radius 3 is 1.03 bits per heavy atom. The molecule has 0 aliphatic rings. The van der Waals surface area contributed by atoms with Crippen LogP contribution in [0.15, 0.2) is 12.2 Å². The number of rotatable bonds is 60. The Hall–Kier alpha value is -1.40. The van der Waals surface area contributed by atoms with Crippen molar-refractivity contribution in [2.75, 3.05) is 13.2 Å². The Balaban J connectivity index is 3.32. The summed E-state index contributed by atoms with van der Waals surface area (Å²) in [5, 5.41) is 23.2. The van der Waals surface area contributed by atoms with Crippen LogP contribution in [0.4, 0.5) is 0 Å². The number of carbonyl (C=O) groups is 2. The van der Waals surface area contributed by atoms with Crippen LogP contribution < -0.4 is 5.32 Å². The highest BCUT2D eigenvalue weighted by Crippen LogP contribution is 2.18. The van der Waals surface area contributed by atoms with Crippen LogP contribution in [-0.4, -0.2) is 47.4 Å². The van der Waals surface area contributed by atoms with Gasteiger partial charge in [-0.25, -0.2) is 0 Å². The number of ether oxygens (including phenoxy) is 1. The Kier molecular flexibility index (Phi) is 59.0.